The lowest BCUT2D eigenvalue weighted by Gasteiger charge is -2.25. The Bertz CT molecular complexity index is 2440. The smallest absolute Gasteiger partial charge is 0.0462 e. The lowest BCUT2D eigenvalue weighted by Crippen LogP contribution is -2.09. The van der Waals surface area contributed by atoms with Crippen LogP contribution < -0.4 is 9.80 Å². The molecule has 272 valence electrons. The van der Waals surface area contributed by atoms with Crippen LogP contribution in [0.3, 0.4) is 0 Å². The molecular weight excluding hydrogens is 812 g/mol. The molecule has 0 aliphatic rings. The second-order valence-electron chi connectivity index (χ2n) is 13.9. The molecule has 0 aliphatic carbocycles. The molecule has 0 radical (unpaired) electrons. The van der Waals surface area contributed by atoms with Crippen molar-refractivity contribution in [2.24, 2.45) is 0 Å². The summed E-state index contributed by atoms with van der Waals surface area (Å²) >= 11 is 7.86. The van der Waals surface area contributed by atoms with Crippen LogP contribution in [0.2, 0.25) is 0 Å². The third-order valence-corrected chi connectivity index (χ3v) is 11.7. The van der Waals surface area contributed by atoms with Crippen LogP contribution in [-0.2, 0) is 0 Å². The average Bonchev–Trinajstić information content (AvgIpc) is 3.24. The van der Waals surface area contributed by atoms with Crippen molar-refractivity contribution >= 4 is 101 Å². The van der Waals surface area contributed by atoms with Gasteiger partial charge in [-0.2, -0.15) is 0 Å². The average molecular weight is 853 g/mol. The first kappa shape index (κ1) is 37.0. The zero-order chi connectivity index (χ0) is 38.4. The summed E-state index contributed by atoms with van der Waals surface area (Å²) in [7, 11) is 0. The zero-order valence-electron chi connectivity index (χ0n) is 31.3. The highest BCUT2D eigenvalue weighted by molar-refractivity contribution is 9.11. The van der Waals surface area contributed by atoms with E-state index >= 15 is 0 Å². The molecule has 0 aromatic heterocycles. The van der Waals surface area contributed by atoms with E-state index < -0.39 is 0 Å². The van der Waals surface area contributed by atoms with Crippen molar-refractivity contribution in [2.75, 3.05) is 9.80 Å². The molecule has 4 heteroatoms. The fraction of sp³-hybridized carbons (Fsp3) is 0.0385. The summed E-state index contributed by atoms with van der Waals surface area (Å²) in [6, 6.07) is 64.6. The molecule has 0 aliphatic heterocycles. The Kier molecular flexibility index (Phi) is 11.1. The fourth-order valence-corrected chi connectivity index (χ4v) is 8.12. The van der Waals surface area contributed by atoms with E-state index in [0.717, 1.165) is 76.1 Å². The van der Waals surface area contributed by atoms with Crippen molar-refractivity contribution < 1.29 is 0 Å². The molecule has 0 heterocycles. The Hall–Kier alpha value is -5.94. The van der Waals surface area contributed by atoms with Gasteiger partial charge < -0.3 is 9.80 Å². The highest BCUT2D eigenvalue weighted by Crippen LogP contribution is 2.38. The lowest BCUT2D eigenvalue weighted by atomic mass is 10.0. The van der Waals surface area contributed by atoms with E-state index in [2.05, 4.69) is 262 Å². The first-order valence-corrected chi connectivity index (χ1v) is 20.3. The molecule has 0 fully saturated rings. The first-order valence-electron chi connectivity index (χ1n) is 18.7. The number of anilines is 6. The van der Waals surface area contributed by atoms with Crippen molar-refractivity contribution in [1.82, 2.24) is 0 Å². The highest BCUT2D eigenvalue weighted by Gasteiger charge is 2.14. The number of hydrogen-bond donors (Lipinski definition) is 0. The number of aryl methyl sites for hydroxylation is 2. The van der Waals surface area contributed by atoms with E-state index in [1.165, 1.54) is 11.1 Å². The summed E-state index contributed by atoms with van der Waals surface area (Å²) < 4.78 is 2.14. The molecule has 8 aromatic rings. The predicted octanol–water partition coefficient (Wildman–Crippen LogP) is 16.3. The second-order valence-corrected chi connectivity index (χ2v) is 15.5. The van der Waals surface area contributed by atoms with Crippen LogP contribution in [0.15, 0.2) is 191 Å². The Morgan fingerprint density at radius 1 is 0.321 bits per heavy atom. The van der Waals surface area contributed by atoms with Crippen LogP contribution in [0, 0.1) is 13.8 Å². The summed E-state index contributed by atoms with van der Waals surface area (Å²) in [5.74, 6) is 0. The third kappa shape index (κ3) is 8.18. The minimum atomic E-state index is 1.07. The molecule has 0 bridgehead atoms. The van der Waals surface area contributed by atoms with Gasteiger partial charge >= 0.3 is 0 Å². The summed E-state index contributed by atoms with van der Waals surface area (Å²) in [5, 5.41) is 2.31. The predicted molar refractivity (Wildman–Crippen MR) is 249 cm³/mol. The minimum absolute atomic E-state index is 1.07. The van der Waals surface area contributed by atoms with Gasteiger partial charge in [0.25, 0.3) is 0 Å². The Morgan fingerprint density at radius 2 is 0.625 bits per heavy atom. The van der Waals surface area contributed by atoms with Crippen LogP contribution >= 0.6 is 31.9 Å². The minimum Gasteiger partial charge on any atom is -0.311 e. The summed E-state index contributed by atoms with van der Waals surface area (Å²) in [6.45, 7) is 4.24. The van der Waals surface area contributed by atoms with E-state index in [1.54, 1.807) is 0 Å². The van der Waals surface area contributed by atoms with Gasteiger partial charge in [0, 0.05) is 43.1 Å². The molecule has 0 saturated heterocycles. The summed E-state index contributed by atoms with van der Waals surface area (Å²) in [6.07, 6.45) is 8.70. The number of fused-ring (bicyclic) bond motifs is 1. The maximum absolute atomic E-state index is 3.93. The number of rotatable bonds is 10. The molecule has 8 rings (SSSR count). The van der Waals surface area contributed by atoms with Gasteiger partial charge in [0.05, 0.1) is 0 Å². The summed E-state index contributed by atoms with van der Waals surface area (Å²) in [5.41, 5.74) is 13.8. The summed E-state index contributed by atoms with van der Waals surface area (Å²) in [4.78, 5) is 4.58. The van der Waals surface area contributed by atoms with E-state index in [-0.39, 0.29) is 0 Å². The molecule has 8 aromatic carbocycles. The molecule has 0 N–H and O–H groups in total. The van der Waals surface area contributed by atoms with Crippen molar-refractivity contribution in [2.45, 2.75) is 13.8 Å². The number of nitrogens with zero attached hydrogens (tertiary/aromatic N) is 2. The van der Waals surface area contributed by atoms with Gasteiger partial charge in [-0.1, -0.05) is 145 Å². The van der Waals surface area contributed by atoms with Crippen LogP contribution in [0.25, 0.3) is 35.1 Å². The second kappa shape index (κ2) is 16.8. The normalized spacial score (nSPS) is 11.4. The van der Waals surface area contributed by atoms with Gasteiger partial charge in [0.2, 0.25) is 0 Å². The molecular formula is C52H40Br2N2. The quantitative estimate of drug-likeness (QED) is 0.127. The standard InChI is InChI=1S/C52H40Br2N2/c1-37-13-27-45(28-14-37)55(43-9-5-3-6-10-43)47-31-19-39(20-32-47)17-23-41-25-35-50-49(51(41)53)36-26-42(52(50)54)24-18-40-21-33-48(34-22-40)56(44-11-7-4-8-12-44)46-29-15-38(2)16-30-46/h3-36H,1-2H3/b23-17+,24-18+. The molecule has 2 nitrogen and oxygen atoms in total. The number of benzene rings is 8. The van der Waals surface area contributed by atoms with Crippen LogP contribution in [-0.4, -0.2) is 0 Å². The van der Waals surface area contributed by atoms with E-state index in [1.807, 2.05) is 0 Å². The fourth-order valence-electron chi connectivity index (χ4n) is 6.90. The van der Waals surface area contributed by atoms with Crippen molar-refractivity contribution in [1.29, 1.82) is 0 Å². The molecule has 0 unspecified atom stereocenters. The van der Waals surface area contributed by atoms with Gasteiger partial charge in [-0.3, -0.25) is 0 Å². The van der Waals surface area contributed by atoms with Crippen LogP contribution in [0.5, 0.6) is 0 Å². The lowest BCUT2D eigenvalue weighted by molar-refractivity contribution is 1.27. The monoisotopic (exact) mass is 850 g/mol. The first-order chi connectivity index (χ1) is 27.4. The Labute approximate surface area is 347 Å². The largest absolute Gasteiger partial charge is 0.311 e. The Balaban J connectivity index is 0.995. The van der Waals surface area contributed by atoms with Crippen molar-refractivity contribution in [3.8, 4) is 0 Å². The molecule has 0 atom stereocenters. The van der Waals surface area contributed by atoms with E-state index in [0.29, 0.717) is 0 Å². The van der Waals surface area contributed by atoms with E-state index in [4.69, 9.17) is 0 Å². The van der Waals surface area contributed by atoms with Crippen LogP contribution in [0.1, 0.15) is 33.4 Å². The number of hydrogen-bond acceptors (Lipinski definition) is 2. The maximum atomic E-state index is 3.93. The van der Waals surface area contributed by atoms with Gasteiger partial charge in [0.1, 0.15) is 0 Å². The van der Waals surface area contributed by atoms with Crippen LogP contribution in [0.4, 0.5) is 34.1 Å². The highest BCUT2D eigenvalue weighted by atomic mass is 79.9. The molecule has 56 heavy (non-hydrogen) atoms. The SMILES string of the molecule is Cc1ccc(N(c2ccccc2)c2ccc(/C=C/c3ccc4c(Br)c(/C=C/c5ccc(N(c6ccccc6)c6ccc(C)cc6)cc5)ccc4c3Br)cc2)cc1. The van der Waals surface area contributed by atoms with Gasteiger partial charge in [0.15, 0.2) is 0 Å². The van der Waals surface area contributed by atoms with Crippen molar-refractivity contribution in [3.05, 3.63) is 224 Å². The van der Waals surface area contributed by atoms with Gasteiger partial charge in [-0.15, -0.1) is 0 Å². The zero-order valence-corrected chi connectivity index (χ0v) is 34.5. The Morgan fingerprint density at radius 3 is 0.964 bits per heavy atom. The van der Waals surface area contributed by atoms with Gasteiger partial charge in [-0.25, -0.2) is 0 Å². The number of para-hydroxylation sites is 2. The van der Waals surface area contributed by atoms with Gasteiger partial charge in [-0.05, 0) is 152 Å². The van der Waals surface area contributed by atoms with E-state index in [9.17, 15) is 0 Å². The van der Waals surface area contributed by atoms with Crippen molar-refractivity contribution in [3.63, 3.8) is 0 Å². The molecule has 0 saturated carbocycles. The topological polar surface area (TPSA) is 6.48 Å². The maximum Gasteiger partial charge on any atom is 0.0462 e. The molecule has 0 spiro atoms. The third-order valence-electron chi connectivity index (χ3n) is 9.96. The molecule has 0 amide bonds. The number of halogens is 2.